The number of ether oxygens (including phenoxy) is 2. The zero-order valence-electron chi connectivity index (χ0n) is 28.4. The molecule has 3 rings (SSSR count). The molecule has 0 aliphatic carbocycles. The molecule has 2 N–H and O–H groups in total. The molecule has 0 unspecified atom stereocenters. The van der Waals surface area contributed by atoms with Crippen molar-refractivity contribution in [2.75, 3.05) is 59.3 Å². The Labute approximate surface area is 279 Å². The van der Waals surface area contributed by atoms with Gasteiger partial charge in [-0.15, -0.1) is 0 Å². The number of nitrogens with zero attached hydrogens (tertiary/aromatic N) is 3. The number of aliphatic hydroxyl groups is 1. The van der Waals surface area contributed by atoms with Crippen molar-refractivity contribution >= 4 is 27.5 Å². The number of amides is 2. The fourth-order valence-electron chi connectivity index (χ4n) is 5.38. The SMILES string of the molecule is C[C@@H]1CCCCO[C@@H](CN(C)S(=O)(=O)c2ccc(F)cc2)[C@H](C)CN([C@@H](C)CO)C(=O)c2cc(NC(=O)CCCN(C)C)ccc2O1. The molecule has 0 bridgehead atoms. The Hall–Kier alpha value is -3.10. The maximum absolute atomic E-state index is 14.3. The van der Waals surface area contributed by atoms with Gasteiger partial charge in [0.05, 0.1) is 35.3 Å². The van der Waals surface area contributed by atoms with E-state index >= 15 is 0 Å². The normalized spacial score (nSPS) is 20.8. The smallest absolute Gasteiger partial charge is 0.258 e. The van der Waals surface area contributed by atoms with Crippen LogP contribution in [-0.4, -0.2) is 112 Å². The highest BCUT2D eigenvalue weighted by Gasteiger charge is 2.32. The minimum Gasteiger partial charge on any atom is -0.490 e. The zero-order chi connectivity index (χ0) is 34.7. The predicted molar refractivity (Wildman–Crippen MR) is 180 cm³/mol. The third kappa shape index (κ3) is 11.2. The fraction of sp³-hybridized carbons (Fsp3) is 0.588. The fourth-order valence-corrected chi connectivity index (χ4v) is 6.56. The van der Waals surface area contributed by atoms with E-state index in [4.69, 9.17) is 9.47 Å². The highest BCUT2D eigenvalue weighted by Crippen LogP contribution is 2.29. The van der Waals surface area contributed by atoms with Gasteiger partial charge in [0, 0.05) is 44.8 Å². The number of sulfonamides is 1. The molecule has 0 saturated heterocycles. The van der Waals surface area contributed by atoms with Gasteiger partial charge in [-0.3, -0.25) is 9.59 Å². The zero-order valence-corrected chi connectivity index (χ0v) is 29.3. The van der Waals surface area contributed by atoms with E-state index in [1.165, 1.54) is 28.4 Å². The van der Waals surface area contributed by atoms with Gasteiger partial charge in [-0.1, -0.05) is 6.92 Å². The van der Waals surface area contributed by atoms with Crippen LogP contribution in [0.3, 0.4) is 0 Å². The van der Waals surface area contributed by atoms with Crippen molar-refractivity contribution in [1.29, 1.82) is 0 Å². The van der Waals surface area contributed by atoms with Gasteiger partial charge in [0.2, 0.25) is 15.9 Å². The lowest BCUT2D eigenvalue weighted by Crippen LogP contribution is -2.48. The minimum atomic E-state index is -3.94. The second-order valence-electron chi connectivity index (χ2n) is 12.7. The summed E-state index contributed by atoms with van der Waals surface area (Å²) < 4.78 is 53.9. The maximum atomic E-state index is 14.3. The summed E-state index contributed by atoms with van der Waals surface area (Å²) in [6.07, 6.45) is 2.39. The number of anilines is 1. The first-order valence-electron chi connectivity index (χ1n) is 16.2. The van der Waals surface area contributed by atoms with Crippen molar-refractivity contribution in [2.45, 2.75) is 76.0 Å². The second kappa shape index (κ2) is 17.9. The number of hydrogen-bond donors (Lipinski definition) is 2. The van der Waals surface area contributed by atoms with Crippen LogP contribution in [0, 0.1) is 11.7 Å². The van der Waals surface area contributed by atoms with Crippen molar-refractivity contribution in [2.24, 2.45) is 5.92 Å². The van der Waals surface area contributed by atoms with Crippen molar-refractivity contribution < 1.29 is 37.0 Å². The Balaban J connectivity index is 1.92. The summed E-state index contributed by atoms with van der Waals surface area (Å²) >= 11 is 0. The molecule has 0 aromatic heterocycles. The van der Waals surface area contributed by atoms with Gasteiger partial charge < -0.3 is 29.7 Å². The highest BCUT2D eigenvalue weighted by molar-refractivity contribution is 7.89. The molecule has 2 aromatic rings. The second-order valence-corrected chi connectivity index (χ2v) is 14.8. The summed E-state index contributed by atoms with van der Waals surface area (Å²) in [5, 5.41) is 13.1. The van der Waals surface area contributed by atoms with Gasteiger partial charge in [0.1, 0.15) is 11.6 Å². The number of benzene rings is 2. The third-order valence-electron chi connectivity index (χ3n) is 8.30. The molecular weight excluding hydrogens is 627 g/mol. The Kier molecular flexibility index (Phi) is 14.6. The molecule has 1 aliphatic heterocycles. The van der Waals surface area contributed by atoms with Gasteiger partial charge in [0.15, 0.2) is 0 Å². The number of aliphatic hydroxyl groups excluding tert-OH is 1. The number of likely N-dealkylation sites (N-methyl/N-ethyl adjacent to an activating group) is 1. The summed E-state index contributed by atoms with van der Waals surface area (Å²) in [5.41, 5.74) is 0.712. The molecule has 0 saturated carbocycles. The molecule has 11 nitrogen and oxygen atoms in total. The number of fused-ring (bicyclic) bond motifs is 1. The Morgan fingerprint density at radius 3 is 2.49 bits per heavy atom. The summed E-state index contributed by atoms with van der Waals surface area (Å²) in [7, 11) is 1.40. The first kappa shape index (κ1) is 38.3. The van der Waals surface area contributed by atoms with Gasteiger partial charge in [-0.05, 0) is 103 Å². The highest BCUT2D eigenvalue weighted by atomic mass is 32.2. The van der Waals surface area contributed by atoms with Crippen LogP contribution >= 0.6 is 0 Å². The van der Waals surface area contributed by atoms with Crippen LogP contribution in [0.2, 0.25) is 0 Å². The van der Waals surface area contributed by atoms with Crippen molar-refractivity contribution in [1.82, 2.24) is 14.1 Å². The first-order valence-corrected chi connectivity index (χ1v) is 17.7. The summed E-state index contributed by atoms with van der Waals surface area (Å²) in [6.45, 7) is 6.52. The lowest BCUT2D eigenvalue weighted by molar-refractivity contribution is -0.116. The van der Waals surface area contributed by atoms with Gasteiger partial charge in [-0.2, -0.15) is 4.31 Å². The Bertz CT molecular complexity index is 1420. The number of halogens is 1. The maximum Gasteiger partial charge on any atom is 0.258 e. The molecule has 2 aromatic carbocycles. The molecular formula is C34H51FN4O7S. The summed E-state index contributed by atoms with van der Waals surface area (Å²) in [4.78, 5) is 30.5. The Morgan fingerprint density at radius 1 is 1.13 bits per heavy atom. The van der Waals surface area contributed by atoms with Crippen molar-refractivity contribution in [3.05, 3.63) is 53.8 Å². The van der Waals surface area contributed by atoms with Crippen molar-refractivity contribution in [3.8, 4) is 5.75 Å². The lowest BCUT2D eigenvalue weighted by atomic mass is 10.0. The molecule has 0 fully saturated rings. The lowest BCUT2D eigenvalue weighted by Gasteiger charge is -2.35. The van der Waals surface area contributed by atoms with E-state index in [1.807, 2.05) is 32.8 Å². The van der Waals surface area contributed by atoms with Crippen LogP contribution in [-0.2, 0) is 19.6 Å². The molecule has 47 heavy (non-hydrogen) atoms. The van der Waals surface area contributed by atoms with E-state index in [9.17, 15) is 27.5 Å². The van der Waals surface area contributed by atoms with Gasteiger partial charge >= 0.3 is 0 Å². The predicted octanol–water partition coefficient (Wildman–Crippen LogP) is 4.22. The van der Waals surface area contributed by atoms with Crippen LogP contribution in [0.5, 0.6) is 5.75 Å². The molecule has 13 heteroatoms. The topological polar surface area (TPSA) is 129 Å². The van der Waals surface area contributed by atoms with E-state index in [1.54, 1.807) is 25.1 Å². The molecule has 1 heterocycles. The van der Waals surface area contributed by atoms with Crippen LogP contribution in [0.4, 0.5) is 10.1 Å². The Morgan fingerprint density at radius 2 is 1.83 bits per heavy atom. The number of nitrogens with one attached hydrogen (secondary N) is 1. The number of carbonyl (C=O) groups excluding carboxylic acids is 2. The van der Waals surface area contributed by atoms with Crippen LogP contribution < -0.4 is 10.1 Å². The van der Waals surface area contributed by atoms with E-state index in [2.05, 4.69) is 5.32 Å². The van der Waals surface area contributed by atoms with E-state index in [0.717, 1.165) is 25.1 Å². The quantitative estimate of drug-likeness (QED) is 0.362. The minimum absolute atomic E-state index is 0.00346. The number of rotatable bonds is 11. The first-order chi connectivity index (χ1) is 22.2. The van der Waals surface area contributed by atoms with E-state index in [0.29, 0.717) is 43.7 Å². The average molecular weight is 679 g/mol. The molecule has 0 spiro atoms. The largest absolute Gasteiger partial charge is 0.490 e. The van der Waals surface area contributed by atoms with Gasteiger partial charge in [0.25, 0.3) is 5.91 Å². The summed E-state index contributed by atoms with van der Waals surface area (Å²) in [5.74, 6) is -1.07. The summed E-state index contributed by atoms with van der Waals surface area (Å²) in [6, 6.07) is 9.09. The van der Waals surface area contributed by atoms with E-state index in [-0.39, 0.29) is 48.1 Å². The monoisotopic (exact) mass is 678 g/mol. The molecule has 4 atom stereocenters. The standard InChI is InChI=1S/C34H51FN4O7S/c1-24-21-39(25(2)23-40)34(42)30-20-28(36-33(41)11-9-18-37(4)5)14-17-31(30)46-26(3)10-7-8-19-45-32(24)22-38(6)47(43,44)29-15-12-27(35)13-16-29/h12-17,20,24-26,32,40H,7-11,18-19,21-23H2,1-6H3,(H,36,41)/t24-,25+,26-,32+/m1/s1. The van der Waals surface area contributed by atoms with E-state index < -0.39 is 33.9 Å². The van der Waals surface area contributed by atoms with Gasteiger partial charge in [-0.25, -0.2) is 12.8 Å². The van der Waals surface area contributed by atoms with Crippen molar-refractivity contribution in [3.63, 3.8) is 0 Å². The van der Waals surface area contributed by atoms with Crippen LogP contribution in [0.25, 0.3) is 0 Å². The van der Waals surface area contributed by atoms with Crippen LogP contribution in [0.1, 0.15) is 63.2 Å². The molecule has 0 radical (unpaired) electrons. The third-order valence-corrected chi connectivity index (χ3v) is 10.1. The molecule has 262 valence electrons. The number of carbonyl (C=O) groups is 2. The van der Waals surface area contributed by atoms with Crippen LogP contribution in [0.15, 0.2) is 47.4 Å². The number of hydrogen-bond acceptors (Lipinski definition) is 8. The average Bonchev–Trinajstić information content (AvgIpc) is 3.02. The molecule has 2 amide bonds. The molecule has 1 aliphatic rings.